The van der Waals surface area contributed by atoms with Crippen LogP contribution in [0.3, 0.4) is 0 Å². The van der Waals surface area contributed by atoms with Crippen LogP contribution in [0.1, 0.15) is 71.4 Å². The molecule has 0 aliphatic carbocycles. The number of aliphatic imine (C=N–C) groups is 1. The monoisotopic (exact) mass is 473 g/mol. The Bertz CT molecular complexity index is 838. The summed E-state index contributed by atoms with van der Waals surface area (Å²) in [5.74, 6) is 0.300. The Kier molecular flexibility index (Phi) is 13.3. The maximum atomic E-state index is 12.1. The molecule has 0 amide bonds. The topological polar surface area (TPSA) is 101 Å². The number of carbonyl (C=O) groups excluding carboxylic acids is 1. The molecule has 0 atom stereocenters. The number of aryl methyl sites for hydroxylation is 2. The molecule has 1 aromatic carbocycles. The SMILES string of the molecule is C=NC(=C)NC(=C)CCCCCNC(C)(C)C(=O)OC(C)(C)C.CNc1cc(C)c(C)cc1N. The van der Waals surface area contributed by atoms with Crippen molar-refractivity contribution < 1.29 is 9.53 Å². The van der Waals surface area contributed by atoms with E-state index in [-0.39, 0.29) is 5.97 Å². The number of hydrogen-bond acceptors (Lipinski definition) is 7. The lowest BCUT2D eigenvalue weighted by Gasteiger charge is -2.29. The Morgan fingerprint density at radius 3 is 2.18 bits per heavy atom. The van der Waals surface area contributed by atoms with Gasteiger partial charge in [0.2, 0.25) is 0 Å². The van der Waals surface area contributed by atoms with Gasteiger partial charge in [-0.15, -0.1) is 0 Å². The van der Waals surface area contributed by atoms with Crippen molar-refractivity contribution in [1.29, 1.82) is 0 Å². The van der Waals surface area contributed by atoms with Crippen LogP contribution >= 0.6 is 0 Å². The molecule has 0 aromatic heterocycles. The van der Waals surface area contributed by atoms with Gasteiger partial charge in [-0.1, -0.05) is 19.6 Å². The van der Waals surface area contributed by atoms with Crippen molar-refractivity contribution >= 4 is 24.1 Å². The van der Waals surface area contributed by atoms with Crippen LogP contribution in [0.15, 0.2) is 41.8 Å². The molecule has 0 saturated heterocycles. The zero-order valence-corrected chi connectivity index (χ0v) is 22.7. The maximum Gasteiger partial charge on any atom is 0.326 e. The van der Waals surface area contributed by atoms with Gasteiger partial charge < -0.3 is 26.4 Å². The minimum absolute atomic E-state index is 0.224. The Balaban J connectivity index is 0.000000818. The fourth-order valence-corrected chi connectivity index (χ4v) is 2.88. The predicted molar refractivity (Wildman–Crippen MR) is 147 cm³/mol. The molecular formula is C27H47N5O2. The molecule has 0 unspecified atom stereocenters. The Morgan fingerprint density at radius 2 is 1.65 bits per heavy atom. The van der Waals surface area contributed by atoms with E-state index in [0.29, 0.717) is 5.82 Å². The van der Waals surface area contributed by atoms with Gasteiger partial charge in [-0.05, 0) is 104 Å². The second-order valence-electron chi connectivity index (χ2n) is 9.97. The fourth-order valence-electron chi connectivity index (χ4n) is 2.88. The number of unbranched alkanes of at least 4 members (excludes halogenated alkanes) is 2. The average molecular weight is 474 g/mol. The van der Waals surface area contributed by atoms with Gasteiger partial charge in [-0.3, -0.25) is 4.79 Å². The number of nitrogen functional groups attached to an aromatic ring is 1. The summed E-state index contributed by atoms with van der Waals surface area (Å²) in [5.41, 5.74) is 9.82. The van der Waals surface area contributed by atoms with Crippen molar-refractivity contribution in [2.45, 2.75) is 85.3 Å². The number of ether oxygens (including phenoxy) is 1. The highest BCUT2D eigenvalue weighted by Gasteiger charge is 2.31. The third-order valence-electron chi connectivity index (χ3n) is 5.08. The normalized spacial score (nSPS) is 11.1. The first-order valence-electron chi connectivity index (χ1n) is 11.8. The second kappa shape index (κ2) is 14.5. The van der Waals surface area contributed by atoms with Gasteiger partial charge in [-0.2, -0.15) is 0 Å². The van der Waals surface area contributed by atoms with E-state index in [0.717, 1.165) is 49.3 Å². The summed E-state index contributed by atoms with van der Waals surface area (Å²) < 4.78 is 5.42. The summed E-state index contributed by atoms with van der Waals surface area (Å²) in [6, 6.07) is 4.05. The molecule has 0 fully saturated rings. The summed E-state index contributed by atoms with van der Waals surface area (Å²) in [4.78, 5) is 15.8. The summed E-state index contributed by atoms with van der Waals surface area (Å²) >= 11 is 0. The Labute approximate surface area is 207 Å². The van der Waals surface area contributed by atoms with E-state index >= 15 is 0 Å². The molecule has 5 N–H and O–H groups in total. The number of carbonyl (C=O) groups is 1. The highest BCUT2D eigenvalue weighted by Crippen LogP contribution is 2.22. The highest BCUT2D eigenvalue weighted by molar-refractivity contribution is 5.80. The molecule has 0 spiro atoms. The van der Waals surface area contributed by atoms with E-state index in [2.05, 4.69) is 60.7 Å². The van der Waals surface area contributed by atoms with Crippen molar-refractivity contribution in [1.82, 2.24) is 10.6 Å². The number of nitrogens with zero attached hydrogens (tertiary/aromatic N) is 1. The lowest BCUT2D eigenvalue weighted by molar-refractivity contribution is -0.161. The number of nitrogens with two attached hydrogens (primary N) is 1. The first kappa shape index (κ1) is 31.2. The number of esters is 1. The van der Waals surface area contributed by atoms with Crippen LogP contribution < -0.4 is 21.7 Å². The summed E-state index contributed by atoms with van der Waals surface area (Å²) in [5, 5.41) is 9.29. The van der Waals surface area contributed by atoms with E-state index in [9.17, 15) is 4.79 Å². The van der Waals surface area contributed by atoms with Crippen LogP contribution in [0.4, 0.5) is 11.4 Å². The number of allylic oxidation sites excluding steroid dienone is 1. The van der Waals surface area contributed by atoms with E-state index in [1.807, 2.05) is 47.7 Å². The van der Waals surface area contributed by atoms with Gasteiger partial charge in [0.1, 0.15) is 17.0 Å². The molecule has 7 nitrogen and oxygen atoms in total. The van der Waals surface area contributed by atoms with Crippen molar-refractivity contribution in [3.05, 3.63) is 47.9 Å². The van der Waals surface area contributed by atoms with Gasteiger partial charge in [0.15, 0.2) is 0 Å². The molecule has 0 radical (unpaired) electrons. The minimum Gasteiger partial charge on any atom is -0.459 e. The molecule has 1 aromatic rings. The predicted octanol–water partition coefficient (Wildman–Crippen LogP) is 5.46. The third kappa shape index (κ3) is 13.0. The molecule has 0 saturated carbocycles. The average Bonchev–Trinajstić information content (AvgIpc) is 2.72. The van der Waals surface area contributed by atoms with Gasteiger partial charge >= 0.3 is 5.97 Å². The summed E-state index contributed by atoms with van der Waals surface area (Å²) in [6.07, 6.45) is 3.92. The first-order chi connectivity index (χ1) is 15.6. The highest BCUT2D eigenvalue weighted by atomic mass is 16.6. The fraction of sp³-hybridized carbons (Fsp3) is 0.556. The van der Waals surface area contributed by atoms with Crippen molar-refractivity contribution in [3.8, 4) is 0 Å². The van der Waals surface area contributed by atoms with E-state index < -0.39 is 11.1 Å². The standard InChI is InChI=1S/C18H33N3O2.C9H14N2/c1-14(21-15(2)19-8)12-10-9-11-13-20-18(6,7)16(22)23-17(3,4)5;1-6-4-8(10)9(11-3)5-7(6)2/h20-21H,1-2,8-13H2,3-7H3;4-5,11H,10H2,1-3H3. The number of hydrogen-bond donors (Lipinski definition) is 4. The molecule has 0 aliphatic heterocycles. The lowest BCUT2D eigenvalue weighted by atomic mass is 10.0. The number of anilines is 2. The quantitative estimate of drug-likeness (QED) is 0.139. The second-order valence-corrected chi connectivity index (χ2v) is 9.97. The van der Waals surface area contributed by atoms with E-state index in [1.165, 1.54) is 11.1 Å². The zero-order chi connectivity index (χ0) is 26.5. The lowest BCUT2D eigenvalue weighted by Crippen LogP contribution is -2.50. The molecule has 0 heterocycles. The summed E-state index contributed by atoms with van der Waals surface area (Å²) in [6.45, 7) is 25.2. The minimum atomic E-state index is -0.675. The molecular weight excluding hydrogens is 426 g/mol. The third-order valence-corrected chi connectivity index (χ3v) is 5.08. The van der Waals surface area contributed by atoms with Crippen LogP contribution in [0.2, 0.25) is 0 Å². The molecule has 7 heteroatoms. The van der Waals surface area contributed by atoms with Crippen LogP contribution in [0, 0.1) is 13.8 Å². The van der Waals surface area contributed by atoms with E-state index in [1.54, 1.807) is 0 Å². The molecule has 0 aliphatic rings. The van der Waals surface area contributed by atoms with Gasteiger partial charge in [0, 0.05) is 12.7 Å². The van der Waals surface area contributed by atoms with Gasteiger partial charge in [-0.25, -0.2) is 4.99 Å². The Morgan fingerprint density at radius 1 is 1.06 bits per heavy atom. The van der Waals surface area contributed by atoms with Crippen molar-refractivity contribution in [2.75, 3.05) is 24.6 Å². The molecule has 1 rings (SSSR count). The number of nitrogens with one attached hydrogen (secondary N) is 3. The molecule has 192 valence electrons. The van der Waals surface area contributed by atoms with Gasteiger partial charge in [0.25, 0.3) is 0 Å². The molecule has 34 heavy (non-hydrogen) atoms. The number of rotatable bonds is 12. The van der Waals surface area contributed by atoms with E-state index in [4.69, 9.17) is 10.5 Å². The van der Waals surface area contributed by atoms with Gasteiger partial charge in [0.05, 0.1) is 11.4 Å². The first-order valence-corrected chi connectivity index (χ1v) is 11.8. The van der Waals surface area contributed by atoms with Crippen LogP contribution in [-0.4, -0.2) is 37.4 Å². The number of benzene rings is 1. The molecule has 0 bridgehead atoms. The van der Waals surface area contributed by atoms with Crippen molar-refractivity contribution in [3.63, 3.8) is 0 Å². The smallest absolute Gasteiger partial charge is 0.326 e. The largest absolute Gasteiger partial charge is 0.459 e. The Hall–Kier alpha value is -2.80. The van der Waals surface area contributed by atoms with Crippen molar-refractivity contribution in [2.24, 2.45) is 4.99 Å². The summed E-state index contributed by atoms with van der Waals surface area (Å²) in [7, 11) is 1.88. The van der Waals surface area contributed by atoms with Crippen LogP contribution in [0.5, 0.6) is 0 Å². The van der Waals surface area contributed by atoms with Crippen LogP contribution in [0.25, 0.3) is 0 Å². The van der Waals surface area contributed by atoms with Crippen LogP contribution in [-0.2, 0) is 9.53 Å². The maximum absolute atomic E-state index is 12.1. The zero-order valence-electron chi connectivity index (χ0n) is 22.7.